The number of nitrogens with one attached hydrogen (secondary N) is 1. The highest BCUT2D eigenvalue weighted by Crippen LogP contribution is 2.27. The number of aromatic amines is 1. The van der Waals surface area contributed by atoms with E-state index >= 15 is 0 Å². The highest BCUT2D eigenvalue weighted by molar-refractivity contribution is 5.88. The molecule has 0 saturated carbocycles. The fraction of sp³-hybridized carbons (Fsp3) is 0.417. The molecule has 0 spiro atoms. The lowest BCUT2D eigenvalue weighted by Gasteiger charge is -2.21. The van der Waals surface area contributed by atoms with Gasteiger partial charge in [0.05, 0.1) is 23.1 Å². The van der Waals surface area contributed by atoms with Crippen LogP contribution in [-0.2, 0) is 4.74 Å². The lowest BCUT2D eigenvalue weighted by Crippen LogP contribution is -2.20. The van der Waals surface area contributed by atoms with Crippen molar-refractivity contribution in [3.63, 3.8) is 0 Å². The van der Waals surface area contributed by atoms with Gasteiger partial charge in [-0.05, 0) is 18.6 Å². The van der Waals surface area contributed by atoms with Crippen LogP contribution in [0.15, 0.2) is 18.3 Å². The van der Waals surface area contributed by atoms with Gasteiger partial charge in [0, 0.05) is 32.7 Å². The van der Waals surface area contributed by atoms with Gasteiger partial charge in [0.15, 0.2) is 0 Å². The third-order valence-corrected chi connectivity index (χ3v) is 2.84. The van der Waals surface area contributed by atoms with Crippen LogP contribution in [0.5, 0.6) is 0 Å². The van der Waals surface area contributed by atoms with Gasteiger partial charge in [-0.25, -0.2) is 0 Å². The molecule has 0 aliphatic rings. The second kappa shape index (κ2) is 5.05. The van der Waals surface area contributed by atoms with Crippen LogP contribution < -0.4 is 10.6 Å². The van der Waals surface area contributed by atoms with Crippen LogP contribution >= 0.6 is 0 Å². The molecule has 0 bridgehead atoms. The van der Waals surface area contributed by atoms with E-state index in [0.717, 1.165) is 41.9 Å². The number of fused-ring (bicyclic) bond motifs is 1. The molecule has 0 aliphatic carbocycles. The Labute approximate surface area is 101 Å². The van der Waals surface area contributed by atoms with E-state index in [-0.39, 0.29) is 0 Å². The molecule has 0 amide bonds. The predicted octanol–water partition coefficient (Wildman–Crippen LogP) is 1.62. The van der Waals surface area contributed by atoms with Gasteiger partial charge in [-0.2, -0.15) is 5.10 Å². The van der Waals surface area contributed by atoms with E-state index in [9.17, 15) is 0 Å². The van der Waals surface area contributed by atoms with Gasteiger partial charge >= 0.3 is 0 Å². The maximum atomic E-state index is 6.04. The minimum absolute atomic E-state index is 0.760. The number of hydrogen-bond acceptors (Lipinski definition) is 4. The van der Waals surface area contributed by atoms with E-state index in [2.05, 4.69) is 15.1 Å². The van der Waals surface area contributed by atoms with Crippen LogP contribution in [0, 0.1) is 0 Å². The maximum absolute atomic E-state index is 6.04. The van der Waals surface area contributed by atoms with Crippen LogP contribution in [-0.4, -0.2) is 37.5 Å². The molecular weight excluding hydrogens is 216 g/mol. The van der Waals surface area contributed by atoms with E-state index in [0.29, 0.717) is 0 Å². The zero-order valence-electron chi connectivity index (χ0n) is 10.2. The number of ether oxygens (including phenoxy) is 1. The van der Waals surface area contributed by atoms with Gasteiger partial charge in [0.25, 0.3) is 0 Å². The van der Waals surface area contributed by atoms with Gasteiger partial charge in [-0.15, -0.1) is 0 Å². The van der Waals surface area contributed by atoms with Crippen molar-refractivity contribution in [2.24, 2.45) is 0 Å². The number of hydrogen-bond donors (Lipinski definition) is 2. The molecule has 0 radical (unpaired) electrons. The highest BCUT2D eigenvalue weighted by atomic mass is 16.5. The normalized spacial score (nSPS) is 10.9. The number of aromatic nitrogens is 2. The van der Waals surface area contributed by atoms with E-state index in [1.54, 1.807) is 13.3 Å². The minimum atomic E-state index is 0.760. The predicted molar refractivity (Wildman–Crippen MR) is 70.3 cm³/mol. The number of H-pyrrole nitrogens is 1. The lowest BCUT2D eigenvalue weighted by atomic mass is 10.2. The number of nitrogens with two attached hydrogens (primary N) is 1. The first-order valence-corrected chi connectivity index (χ1v) is 5.65. The van der Waals surface area contributed by atoms with E-state index in [4.69, 9.17) is 10.5 Å². The van der Waals surface area contributed by atoms with Crippen molar-refractivity contribution < 1.29 is 4.74 Å². The van der Waals surface area contributed by atoms with Gasteiger partial charge in [-0.3, -0.25) is 5.10 Å². The summed E-state index contributed by atoms with van der Waals surface area (Å²) in [7, 11) is 3.74. The third-order valence-electron chi connectivity index (χ3n) is 2.84. The van der Waals surface area contributed by atoms with Gasteiger partial charge < -0.3 is 15.4 Å². The van der Waals surface area contributed by atoms with Crippen LogP contribution in [0.25, 0.3) is 10.9 Å². The SMILES string of the molecule is COCCCN(C)c1cc2[nH]ncc2cc1N. The molecule has 0 unspecified atom stereocenters. The van der Waals surface area contributed by atoms with Gasteiger partial charge in [0.2, 0.25) is 0 Å². The maximum Gasteiger partial charge on any atom is 0.0672 e. The molecule has 0 aliphatic heterocycles. The number of nitrogens with zero attached hydrogens (tertiary/aromatic N) is 2. The van der Waals surface area contributed by atoms with Crippen molar-refractivity contribution >= 4 is 22.3 Å². The summed E-state index contributed by atoms with van der Waals surface area (Å²) in [6, 6.07) is 3.98. The second-order valence-corrected chi connectivity index (χ2v) is 4.14. The lowest BCUT2D eigenvalue weighted by molar-refractivity contribution is 0.196. The van der Waals surface area contributed by atoms with Gasteiger partial charge in [-0.1, -0.05) is 0 Å². The number of nitrogen functional groups attached to an aromatic ring is 1. The van der Waals surface area contributed by atoms with E-state index in [1.807, 2.05) is 19.2 Å². The summed E-state index contributed by atoms with van der Waals surface area (Å²) in [5.74, 6) is 0. The molecule has 5 nitrogen and oxygen atoms in total. The quantitative estimate of drug-likeness (QED) is 0.609. The van der Waals surface area contributed by atoms with Crippen molar-refractivity contribution in [2.75, 3.05) is 37.9 Å². The molecule has 92 valence electrons. The molecule has 2 rings (SSSR count). The summed E-state index contributed by atoms with van der Waals surface area (Å²) < 4.78 is 5.04. The molecule has 17 heavy (non-hydrogen) atoms. The zero-order chi connectivity index (χ0) is 12.3. The molecule has 1 aromatic carbocycles. The monoisotopic (exact) mass is 234 g/mol. The Hall–Kier alpha value is -1.75. The van der Waals surface area contributed by atoms with Crippen molar-refractivity contribution in [1.82, 2.24) is 10.2 Å². The highest BCUT2D eigenvalue weighted by Gasteiger charge is 2.07. The van der Waals surface area contributed by atoms with Crippen LogP contribution in [0.2, 0.25) is 0 Å². The number of rotatable bonds is 5. The van der Waals surface area contributed by atoms with Crippen molar-refractivity contribution in [3.05, 3.63) is 18.3 Å². The molecule has 0 atom stereocenters. The Kier molecular flexibility index (Phi) is 3.49. The summed E-state index contributed by atoms with van der Waals surface area (Å²) in [6.07, 6.45) is 2.76. The summed E-state index contributed by atoms with van der Waals surface area (Å²) in [6.45, 7) is 1.67. The van der Waals surface area contributed by atoms with Crippen LogP contribution in [0.3, 0.4) is 0 Å². The van der Waals surface area contributed by atoms with E-state index in [1.165, 1.54) is 0 Å². The summed E-state index contributed by atoms with van der Waals surface area (Å²) in [5, 5.41) is 7.99. The summed E-state index contributed by atoms with van der Waals surface area (Å²) >= 11 is 0. The molecule has 0 fully saturated rings. The van der Waals surface area contributed by atoms with Crippen molar-refractivity contribution in [2.45, 2.75) is 6.42 Å². The number of benzene rings is 1. The first-order valence-electron chi connectivity index (χ1n) is 5.65. The van der Waals surface area contributed by atoms with Crippen molar-refractivity contribution in [3.8, 4) is 0 Å². The second-order valence-electron chi connectivity index (χ2n) is 4.14. The Balaban J connectivity index is 2.18. The topological polar surface area (TPSA) is 67.2 Å². The average molecular weight is 234 g/mol. The fourth-order valence-corrected chi connectivity index (χ4v) is 1.89. The molecular formula is C12H18N4O. The summed E-state index contributed by atoms with van der Waals surface area (Å²) in [5.41, 5.74) is 8.85. The summed E-state index contributed by atoms with van der Waals surface area (Å²) in [4.78, 5) is 2.13. The van der Waals surface area contributed by atoms with E-state index < -0.39 is 0 Å². The molecule has 3 N–H and O–H groups in total. The molecule has 0 saturated heterocycles. The minimum Gasteiger partial charge on any atom is -0.397 e. The largest absolute Gasteiger partial charge is 0.397 e. The first-order chi connectivity index (χ1) is 8.22. The number of methoxy groups -OCH3 is 1. The first kappa shape index (κ1) is 11.7. The molecule has 2 aromatic rings. The number of anilines is 2. The standard InChI is InChI=1S/C12H18N4O/c1-16(4-3-5-17-2)12-7-11-9(6-10(12)13)8-14-15-11/h6-8H,3-5,13H2,1-2H3,(H,14,15). The van der Waals surface area contributed by atoms with Crippen molar-refractivity contribution in [1.29, 1.82) is 0 Å². The Morgan fingerprint density at radius 1 is 1.47 bits per heavy atom. The molecule has 1 aromatic heterocycles. The Bertz CT molecular complexity index is 494. The smallest absolute Gasteiger partial charge is 0.0672 e. The average Bonchev–Trinajstić information content (AvgIpc) is 2.75. The molecule has 1 heterocycles. The fourth-order valence-electron chi connectivity index (χ4n) is 1.89. The molecule has 5 heteroatoms. The van der Waals surface area contributed by atoms with Gasteiger partial charge in [0.1, 0.15) is 0 Å². The van der Waals surface area contributed by atoms with Crippen LogP contribution in [0.4, 0.5) is 11.4 Å². The zero-order valence-corrected chi connectivity index (χ0v) is 10.2. The Morgan fingerprint density at radius 3 is 3.06 bits per heavy atom. The Morgan fingerprint density at radius 2 is 2.29 bits per heavy atom. The third kappa shape index (κ3) is 2.50. The van der Waals surface area contributed by atoms with Crippen LogP contribution in [0.1, 0.15) is 6.42 Å².